The predicted molar refractivity (Wildman–Crippen MR) is 96.7 cm³/mol. The van der Waals surface area contributed by atoms with Crippen LogP contribution in [-0.4, -0.2) is 19.4 Å². The molecular weight excluding hydrogens is 342 g/mol. The molecule has 7 heteroatoms. The molecule has 0 amide bonds. The zero-order chi connectivity index (χ0) is 16.6. The second kappa shape index (κ2) is 6.16. The fraction of sp³-hybridized carbons (Fsp3) is 0.235. The van der Waals surface area contributed by atoms with E-state index in [0.29, 0.717) is 11.4 Å². The van der Waals surface area contributed by atoms with E-state index in [4.69, 9.17) is 0 Å². The average molecular weight is 359 g/mol. The van der Waals surface area contributed by atoms with Gasteiger partial charge in [-0.2, -0.15) is 0 Å². The van der Waals surface area contributed by atoms with E-state index in [1.807, 2.05) is 29.6 Å². The quantitative estimate of drug-likeness (QED) is 0.708. The standard InChI is InChI=1S/C17H17N3O2S2/c21-24(22,20-13-3-4-13)14-5-1-12(2-6-14)11-19-15-7-9-18-16-8-10-23-17(15)16/h1-2,5-10,13,20H,3-4,11H2,(H,18,19). The molecule has 1 aliphatic rings. The van der Waals surface area contributed by atoms with Crippen molar-refractivity contribution < 1.29 is 8.42 Å². The van der Waals surface area contributed by atoms with Gasteiger partial charge < -0.3 is 5.32 Å². The largest absolute Gasteiger partial charge is 0.380 e. The van der Waals surface area contributed by atoms with Crippen LogP contribution in [0.5, 0.6) is 0 Å². The fourth-order valence-corrected chi connectivity index (χ4v) is 4.63. The zero-order valence-electron chi connectivity index (χ0n) is 12.9. The van der Waals surface area contributed by atoms with Gasteiger partial charge in [0.25, 0.3) is 0 Å². The molecule has 124 valence electrons. The topological polar surface area (TPSA) is 71.1 Å². The van der Waals surface area contributed by atoms with E-state index in [2.05, 4.69) is 15.0 Å². The Hall–Kier alpha value is -1.96. The average Bonchev–Trinajstić information content (AvgIpc) is 3.24. The molecule has 2 N–H and O–H groups in total. The van der Waals surface area contributed by atoms with Crippen LogP contribution >= 0.6 is 11.3 Å². The highest BCUT2D eigenvalue weighted by atomic mass is 32.2. The van der Waals surface area contributed by atoms with Gasteiger partial charge in [-0.05, 0) is 48.1 Å². The molecule has 1 aromatic carbocycles. The number of anilines is 1. The number of hydrogen-bond donors (Lipinski definition) is 2. The number of aromatic nitrogens is 1. The summed E-state index contributed by atoms with van der Waals surface area (Å²) in [7, 11) is -3.38. The number of sulfonamides is 1. The Morgan fingerprint density at radius 1 is 1.12 bits per heavy atom. The van der Waals surface area contributed by atoms with Crippen molar-refractivity contribution >= 4 is 37.3 Å². The van der Waals surface area contributed by atoms with Crippen LogP contribution in [0.15, 0.2) is 52.9 Å². The molecule has 1 aliphatic carbocycles. The number of benzene rings is 1. The summed E-state index contributed by atoms with van der Waals surface area (Å²) in [6.45, 7) is 0.632. The number of nitrogens with zero attached hydrogens (tertiary/aromatic N) is 1. The molecule has 2 heterocycles. The van der Waals surface area contributed by atoms with Crippen molar-refractivity contribution in [1.82, 2.24) is 9.71 Å². The molecule has 0 radical (unpaired) electrons. The summed E-state index contributed by atoms with van der Waals surface area (Å²) in [6, 6.07) is 11.1. The highest BCUT2D eigenvalue weighted by molar-refractivity contribution is 7.89. The summed E-state index contributed by atoms with van der Waals surface area (Å²) >= 11 is 1.65. The lowest BCUT2D eigenvalue weighted by molar-refractivity contribution is 0.581. The molecule has 0 saturated heterocycles. The molecule has 2 aromatic heterocycles. The Morgan fingerprint density at radius 2 is 1.92 bits per heavy atom. The number of fused-ring (bicyclic) bond motifs is 1. The molecule has 1 fully saturated rings. The van der Waals surface area contributed by atoms with Crippen molar-refractivity contribution in [3.05, 3.63) is 53.5 Å². The Labute approximate surface area is 144 Å². The lowest BCUT2D eigenvalue weighted by Crippen LogP contribution is -2.25. The summed E-state index contributed by atoms with van der Waals surface area (Å²) in [5, 5.41) is 5.42. The third kappa shape index (κ3) is 3.28. The predicted octanol–water partition coefficient (Wildman–Crippen LogP) is 3.35. The molecule has 0 spiro atoms. The molecule has 1 saturated carbocycles. The van der Waals surface area contributed by atoms with Crippen LogP contribution in [0, 0.1) is 0 Å². The summed E-state index contributed by atoms with van der Waals surface area (Å²) < 4.78 is 28.1. The second-order valence-electron chi connectivity index (χ2n) is 5.89. The summed E-state index contributed by atoms with van der Waals surface area (Å²) in [5.41, 5.74) is 3.06. The summed E-state index contributed by atoms with van der Waals surface area (Å²) in [4.78, 5) is 4.64. The van der Waals surface area contributed by atoms with Crippen LogP contribution in [0.2, 0.25) is 0 Å². The van der Waals surface area contributed by atoms with Gasteiger partial charge in [-0.25, -0.2) is 13.1 Å². The molecule has 4 rings (SSSR count). The third-order valence-corrected chi connectivity index (χ3v) is 6.43. The molecule has 5 nitrogen and oxygen atoms in total. The van der Waals surface area contributed by atoms with Gasteiger partial charge in [0, 0.05) is 18.8 Å². The van der Waals surface area contributed by atoms with Gasteiger partial charge in [-0.1, -0.05) is 12.1 Å². The first-order chi connectivity index (χ1) is 11.6. The van der Waals surface area contributed by atoms with E-state index in [0.717, 1.165) is 34.3 Å². The number of nitrogens with one attached hydrogen (secondary N) is 2. The Bertz CT molecular complexity index is 961. The second-order valence-corrected chi connectivity index (χ2v) is 8.52. The van der Waals surface area contributed by atoms with Gasteiger partial charge in [0.1, 0.15) is 0 Å². The SMILES string of the molecule is O=S(=O)(NC1CC1)c1ccc(CNc2ccnc3ccsc23)cc1. The minimum Gasteiger partial charge on any atom is -0.380 e. The van der Waals surface area contributed by atoms with Crippen LogP contribution in [0.4, 0.5) is 5.69 Å². The van der Waals surface area contributed by atoms with Crippen LogP contribution in [-0.2, 0) is 16.6 Å². The van der Waals surface area contributed by atoms with E-state index < -0.39 is 10.0 Å². The molecule has 0 bridgehead atoms. The van der Waals surface area contributed by atoms with Gasteiger partial charge in [0.05, 0.1) is 20.8 Å². The van der Waals surface area contributed by atoms with E-state index in [-0.39, 0.29) is 6.04 Å². The smallest absolute Gasteiger partial charge is 0.240 e. The normalized spacial score (nSPS) is 14.8. The van der Waals surface area contributed by atoms with Gasteiger partial charge in [0.15, 0.2) is 0 Å². The van der Waals surface area contributed by atoms with Crippen LogP contribution in [0.3, 0.4) is 0 Å². The fourth-order valence-electron chi connectivity index (χ4n) is 2.49. The van der Waals surface area contributed by atoms with E-state index in [1.165, 1.54) is 0 Å². The molecule has 24 heavy (non-hydrogen) atoms. The van der Waals surface area contributed by atoms with Gasteiger partial charge >= 0.3 is 0 Å². The van der Waals surface area contributed by atoms with Crippen molar-refractivity contribution in [3.8, 4) is 0 Å². The zero-order valence-corrected chi connectivity index (χ0v) is 14.5. The highest BCUT2D eigenvalue weighted by Crippen LogP contribution is 2.27. The summed E-state index contributed by atoms with van der Waals surface area (Å²) in [6.07, 6.45) is 3.66. The van der Waals surface area contributed by atoms with Crippen molar-refractivity contribution in [2.24, 2.45) is 0 Å². The number of pyridine rings is 1. The van der Waals surface area contributed by atoms with Crippen molar-refractivity contribution in [2.45, 2.75) is 30.3 Å². The Balaban J connectivity index is 1.46. The number of rotatable bonds is 6. The molecule has 0 unspecified atom stereocenters. The molecule has 0 atom stereocenters. The molecule has 3 aromatic rings. The van der Waals surface area contributed by atoms with Crippen molar-refractivity contribution in [3.63, 3.8) is 0 Å². The minimum atomic E-state index is -3.38. The van der Waals surface area contributed by atoms with E-state index in [1.54, 1.807) is 29.7 Å². The van der Waals surface area contributed by atoms with Crippen LogP contribution < -0.4 is 10.0 Å². The molecule has 0 aliphatic heterocycles. The van der Waals surface area contributed by atoms with Gasteiger partial charge in [-0.3, -0.25) is 4.98 Å². The minimum absolute atomic E-state index is 0.122. The maximum atomic E-state index is 12.2. The maximum absolute atomic E-state index is 12.2. The lowest BCUT2D eigenvalue weighted by Gasteiger charge is -2.09. The Morgan fingerprint density at radius 3 is 2.67 bits per heavy atom. The van der Waals surface area contributed by atoms with E-state index in [9.17, 15) is 8.42 Å². The number of thiophene rings is 1. The van der Waals surface area contributed by atoms with Gasteiger partial charge in [-0.15, -0.1) is 11.3 Å². The summed E-state index contributed by atoms with van der Waals surface area (Å²) in [5.74, 6) is 0. The van der Waals surface area contributed by atoms with Crippen molar-refractivity contribution in [1.29, 1.82) is 0 Å². The maximum Gasteiger partial charge on any atom is 0.240 e. The van der Waals surface area contributed by atoms with Crippen LogP contribution in [0.1, 0.15) is 18.4 Å². The van der Waals surface area contributed by atoms with Crippen LogP contribution in [0.25, 0.3) is 10.2 Å². The Kier molecular flexibility index (Phi) is 3.99. The van der Waals surface area contributed by atoms with E-state index >= 15 is 0 Å². The highest BCUT2D eigenvalue weighted by Gasteiger charge is 2.27. The first-order valence-corrected chi connectivity index (χ1v) is 10.2. The first kappa shape index (κ1) is 15.6. The monoisotopic (exact) mass is 359 g/mol. The third-order valence-electron chi connectivity index (χ3n) is 3.96. The lowest BCUT2D eigenvalue weighted by atomic mass is 10.2. The van der Waals surface area contributed by atoms with Crippen molar-refractivity contribution in [2.75, 3.05) is 5.32 Å². The number of hydrogen-bond acceptors (Lipinski definition) is 5. The first-order valence-electron chi connectivity index (χ1n) is 7.79. The van der Waals surface area contributed by atoms with Gasteiger partial charge in [0.2, 0.25) is 10.0 Å². The molecular formula is C17H17N3O2S2.